The topological polar surface area (TPSA) is 34.9 Å². The van der Waals surface area contributed by atoms with Crippen molar-refractivity contribution in [2.24, 2.45) is 0 Å². The summed E-state index contributed by atoms with van der Waals surface area (Å²) in [7, 11) is 0. The molecule has 4 rings (SSSR count). The molecule has 142 valence electrons. The summed E-state index contributed by atoms with van der Waals surface area (Å²) in [6.45, 7) is 5.96. The average Bonchev–Trinajstić information content (AvgIpc) is 2.72. The van der Waals surface area contributed by atoms with Gasteiger partial charge in [0.05, 0.1) is 5.69 Å². The van der Waals surface area contributed by atoms with Crippen LogP contribution < -0.4 is 5.56 Å². The van der Waals surface area contributed by atoms with Crippen molar-refractivity contribution in [3.8, 4) is 5.82 Å². The zero-order valence-corrected chi connectivity index (χ0v) is 16.7. The number of hydrogen-bond acceptors (Lipinski definition) is 2. The SMILES string of the molecule is C=CC(=Cc1cccc(Cl)c1)c1cc2ccccc2c(=O)n1-c1cc(C)ccn1. The molecule has 29 heavy (non-hydrogen) atoms. The van der Waals surface area contributed by atoms with Crippen LogP contribution in [-0.4, -0.2) is 9.55 Å². The first-order valence-corrected chi connectivity index (χ1v) is 9.62. The van der Waals surface area contributed by atoms with Crippen molar-refractivity contribution in [2.45, 2.75) is 6.92 Å². The lowest BCUT2D eigenvalue weighted by Crippen LogP contribution is -2.22. The van der Waals surface area contributed by atoms with Crippen LogP contribution in [0.1, 0.15) is 16.8 Å². The van der Waals surface area contributed by atoms with E-state index < -0.39 is 0 Å². The van der Waals surface area contributed by atoms with E-state index in [0.717, 1.165) is 27.8 Å². The third kappa shape index (κ3) is 3.78. The Bertz CT molecular complexity index is 1320. The van der Waals surface area contributed by atoms with Crippen molar-refractivity contribution < 1.29 is 0 Å². The normalized spacial score (nSPS) is 11.6. The molecule has 0 N–H and O–H groups in total. The monoisotopic (exact) mass is 398 g/mol. The highest BCUT2D eigenvalue weighted by atomic mass is 35.5. The maximum Gasteiger partial charge on any atom is 0.264 e. The number of nitrogens with zero attached hydrogens (tertiary/aromatic N) is 2. The van der Waals surface area contributed by atoms with Crippen molar-refractivity contribution in [3.63, 3.8) is 0 Å². The van der Waals surface area contributed by atoms with Crippen LogP contribution in [0.25, 0.3) is 28.2 Å². The summed E-state index contributed by atoms with van der Waals surface area (Å²) in [5.74, 6) is 0.578. The summed E-state index contributed by atoms with van der Waals surface area (Å²) in [5, 5.41) is 2.17. The van der Waals surface area contributed by atoms with Crippen molar-refractivity contribution in [3.05, 3.63) is 118 Å². The van der Waals surface area contributed by atoms with E-state index in [0.29, 0.717) is 16.2 Å². The van der Waals surface area contributed by atoms with Gasteiger partial charge in [-0.2, -0.15) is 0 Å². The van der Waals surface area contributed by atoms with Gasteiger partial charge in [-0.25, -0.2) is 4.98 Å². The highest BCUT2D eigenvalue weighted by Gasteiger charge is 2.14. The molecule has 0 saturated heterocycles. The Hall–Kier alpha value is -3.43. The Morgan fingerprint density at radius 2 is 1.90 bits per heavy atom. The van der Waals surface area contributed by atoms with Gasteiger partial charge in [0.25, 0.3) is 5.56 Å². The van der Waals surface area contributed by atoms with Crippen molar-refractivity contribution >= 4 is 34.0 Å². The third-order valence-corrected chi connectivity index (χ3v) is 4.98. The first-order chi connectivity index (χ1) is 14.1. The predicted molar refractivity (Wildman–Crippen MR) is 122 cm³/mol. The van der Waals surface area contributed by atoms with E-state index in [1.165, 1.54) is 0 Å². The minimum absolute atomic E-state index is 0.116. The van der Waals surface area contributed by atoms with Gasteiger partial charge in [0.15, 0.2) is 0 Å². The van der Waals surface area contributed by atoms with Crippen molar-refractivity contribution in [1.29, 1.82) is 0 Å². The highest BCUT2D eigenvalue weighted by molar-refractivity contribution is 6.30. The lowest BCUT2D eigenvalue weighted by molar-refractivity contribution is 0.935. The van der Waals surface area contributed by atoms with Gasteiger partial charge in [-0.1, -0.05) is 54.6 Å². The molecule has 0 spiro atoms. The average molecular weight is 399 g/mol. The molecule has 0 aliphatic rings. The molecule has 0 amide bonds. The number of aromatic nitrogens is 2. The number of halogens is 1. The minimum Gasteiger partial charge on any atom is -0.268 e. The lowest BCUT2D eigenvalue weighted by Gasteiger charge is -2.15. The minimum atomic E-state index is -0.116. The van der Waals surface area contributed by atoms with Crippen LogP contribution in [0, 0.1) is 6.92 Å². The summed E-state index contributed by atoms with van der Waals surface area (Å²) >= 11 is 6.15. The Morgan fingerprint density at radius 3 is 2.66 bits per heavy atom. The van der Waals surface area contributed by atoms with Crippen LogP contribution in [0.3, 0.4) is 0 Å². The molecule has 2 aromatic heterocycles. The zero-order chi connectivity index (χ0) is 20.4. The first-order valence-electron chi connectivity index (χ1n) is 9.25. The summed E-state index contributed by atoms with van der Waals surface area (Å²) in [5.41, 5.74) is 3.37. The van der Waals surface area contributed by atoms with Gasteiger partial charge < -0.3 is 0 Å². The molecule has 0 saturated carbocycles. The van der Waals surface area contributed by atoms with Crippen molar-refractivity contribution in [1.82, 2.24) is 9.55 Å². The summed E-state index contributed by atoms with van der Waals surface area (Å²) in [4.78, 5) is 17.9. The molecule has 0 unspecified atom stereocenters. The van der Waals surface area contributed by atoms with E-state index >= 15 is 0 Å². The Morgan fingerprint density at radius 1 is 1.07 bits per heavy atom. The fraction of sp³-hybridized carbons (Fsp3) is 0.0400. The molecular formula is C25H19ClN2O. The van der Waals surface area contributed by atoms with E-state index in [9.17, 15) is 4.79 Å². The summed E-state index contributed by atoms with van der Waals surface area (Å²) < 4.78 is 1.65. The Balaban J connectivity index is 2.05. The number of rotatable bonds is 4. The largest absolute Gasteiger partial charge is 0.268 e. The Kier molecular flexibility index (Phi) is 5.15. The van der Waals surface area contributed by atoms with E-state index in [1.54, 1.807) is 16.8 Å². The van der Waals surface area contributed by atoms with Crippen molar-refractivity contribution in [2.75, 3.05) is 0 Å². The first kappa shape index (κ1) is 18.9. The molecule has 4 heteroatoms. The third-order valence-electron chi connectivity index (χ3n) is 4.74. The van der Waals surface area contributed by atoms with Crippen LogP contribution in [0.15, 0.2) is 90.4 Å². The maximum atomic E-state index is 13.4. The van der Waals surface area contributed by atoms with Crippen LogP contribution in [0.5, 0.6) is 0 Å². The molecule has 2 aromatic carbocycles. The van der Waals surface area contributed by atoms with Gasteiger partial charge in [-0.3, -0.25) is 9.36 Å². The van der Waals surface area contributed by atoms with Gasteiger partial charge >= 0.3 is 0 Å². The molecule has 0 aliphatic carbocycles. The second-order valence-electron chi connectivity index (χ2n) is 6.81. The Labute approximate surface area is 174 Å². The summed E-state index contributed by atoms with van der Waals surface area (Å²) in [6, 6.07) is 20.9. The molecular weight excluding hydrogens is 380 g/mol. The molecule has 3 nitrogen and oxygen atoms in total. The second kappa shape index (κ2) is 7.90. The fourth-order valence-corrected chi connectivity index (χ4v) is 3.55. The molecule has 0 aliphatic heterocycles. The second-order valence-corrected chi connectivity index (χ2v) is 7.24. The fourth-order valence-electron chi connectivity index (χ4n) is 3.36. The number of hydrogen-bond donors (Lipinski definition) is 0. The van der Waals surface area contributed by atoms with E-state index in [1.807, 2.05) is 79.7 Å². The maximum absolute atomic E-state index is 13.4. The van der Waals surface area contributed by atoms with Crippen LogP contribution in [0.4, 0.5) is 0 Å². The van der Waals surface area contributed by atoms with Gasteiger partial charge in [0, 0.05) is 16.6 Å². The van der Waals surface area contributed by atoms with E-state index in [2.05, 4.69) is 11.6 Å². The van der Waals surface area contributed by atoms with Gasteiger partial charge in [0.1, 0.15) is 5.82 Å². The summed E-state index contributed by atoms with van der Waals surface area (Å²) in [6.07, 6.45) is 5.43. The van der Waals surface area contributed by atoms with Crippen LogP contribution >= 0.6 is 11.6 Å². The number of allylic oxidation sites excluding steroid dienone is 2. The molecule has 0 fully saturated rings. The van der Waals surface area contributed by atoms with E-state index in [-0.39, 0.29) is 5.56 Å². The molecule has 0 radical (unpaired) electrons. The van der Waals surface area contributed by atoms with E-state index in [4.69, 9.17) is 11.6 Å². The number of benzene rings is 2. The number of pyridine rings is 2. The molecule has 4 aromatic rings. The smallest absolute Gasteiger partial charge is 0.264 e. The van der Waals surface area contributed by atoms with Gasteiger partial charge in [-0.15, -0.1) is 0 Å². The molecule has 0 atom stereocenters. The lowest BCUT2D eigenvalue weighted by atomic mass is 10.0. The number of aryl methyl sites for hydroxylation is 1. The zero-order valence-electron chi connectivity index (χ0n) is 16.0. The quantitative estimate of drug-likeness (QED) is 0.391. The van der Waals surface area contributed by atoms with Gasteiger partial charge in [0.2, 0.25) is 0 Å². The van der Waals surface area contributed by atoms with Crippen LogP contribution in [0.2, 0.25) is 5.02 Å². The predicted octanol–water partition coefficient (Wildman–Crippen LogP) is 6.07. The highest BCUT2D eigenvalue weighted by Crippen LogP contribution is 2.25. The molecule has 2 heterocycles. The number of fused-ring (bicyclic) bond motifs is 1. The molecule has 0 bridgehead atoms. The van der Waals surface area contributed by atoms with Crippen LogP contribution in [-0.2, 0) is 0 Å². The standard InChI is InChI=1S/C25H19ClN2O/c1-3-19(14-18-7-6-9-21(26)15-18)23-16-20-8-4-5-10-22(20)25(29)28(23)24-13-17(2)11-12-27-24/h3-16H,1H2,2H3. The van der Waals surface area contributed by atoms with Gasteiger partial charge in [-0.05, 0) is 71.5 Å².